The lowest BCUT2D eigenvalue weighted by molar-refractivity contribution is 0.203. The fourth-order valence-electron chi connectivity index (χ4n) is 1.28. The molecule has 5 heteroatoms. The van der Waals surface area contributed by atoms with Gasteiger partial charge in [-0.3, -0.25) is 4.90 Å². The summed E-state index contributed by atoms with van der Waals surface area (Å²) in [4.78, 5) is 2.41. The quantitative estimate of drug-likeness (QED) is 0.567. The Balaban J connectivity index is 0. The highest BCUT2D eigenvalue weighted by Crippen LogP contribution is 2.12. The Kier molecular flexibility index (Phi) is 13.7. The molecule has 93 valence electrons. The van der Waals surface area contributed by atoms with Crippen molar-refractivity contribution in [2.45, 2.75) is 53.6 Å². The van der Waals surface area contributed by atoms with Gasteiger partial charge < -0.3 is 0 Å². The average Bonchev–Trinajstić information content (AvgIpc) is 2.13. The minimum absolute atomic E-state index is 0.623. The third-order valence-corrected chi connectivity index (χ3v) is 42.2. The minimum atomic E-state index is 0.623. The van der Waals surface area contributed by atoms with Crippen LogP contribution in [0.5, 0.6) is 0 Å². The van der Waals surface area contributed by atoms with Crippen molar-refractivity contribution in [1.29, 1.82) is 0 Å². The predicted octanol–water partition coefficient (Wildman–Crippen LogP) is -1.28. The zero-order valence-corrected chi connectivity index (χ0v) is 19.0. The van der Waals surface area contributed by atoms with Crippen LogP contribution >= 0.6 is 0 Å². The topological polar surface area (TPSA) is 3.24 Å². The van der Waals surface area contributed by atoms with Crippen molar-refractivity contribution in [3.63, 3.8) is 0 Å². The van der Waals surface area contributed by atoms with Crippen LogP contribution in [0.15, 0.2) is 0 Å². The molecule has 1 nitrogen and oxygen atoms in total. The van der Waals surface area contributed by atoms with Gasteiger partial charge in [-0.2, -0.15) is 0 Å². The van der Waals surface area contributed by atoms with Gasteiger partial charge in [0.1, 0.15) is 0 Å². The third kappa shape index (κ3) is 12.8. The van der Waals surface area contributed by atoms with Crippen LogP contribution in [0.1, 0.15) is 41.5 Å². The molecule has 0 N–H and O–H groups in total. The molecule has 0 aliphatic heterocycles. The van der Waals surface area contributed by atoms with Crippen LogP contribution in [0.3, 0.4) is 0 Å². The fourth-order valence-corrected chi connectivity index (χ4v) is 1.28. The van der Waals surface area contributed by atoms with Crippen LogP contribution in [-0.2, 0) is 0 Å². The molecule has 0 aromatic heterocycles. The van der Waals surface area contributed by atoms with Gasteiger partial charge in [-0.25, -0.2) is 0 Å². The summed E-state index contributed by atoms with van der Waals surface area (Å²) in [6.07, 6.45) is 0. The molecule has 0 saturated carbocycles. The van der Waals surface area contributed by atoms with Crippen molar-refractivity contribution in [1.82, 2.24) is 4.90 Å². The second-order valence-corrected chi connectivity index (χ2v) is 31.0. The van der Waals surface area contributed by atoms with Crippen LogP contribution in [-0.4, -0.2) is 53.6 Å². The Hall–Kier alpha value is 0.828. The summed E-state index contributed by atoms with van der Waals surface area (Å²) in [6.45, 7) is 15.7. The lowest BCUT2D eigenvalue weighted by Crippen LogP contribution is -2.35. The highest BCUT2D eigenvalue weighted by Gasteiger charge is 2.14. The van der Waals surface area contributed by atoms with E-state index in [4.69, 9.17) is 0 Å². The number of rotatable bonds is 5. The van der Waals surface area contributed by atoms with Gasteiger partial charge in [0.2, 0.25) is 0 Å². The van der Waals surface area contributed by atoms with Crippen LogP contribution in [0.25, 0.3) is 0 Å². The van der Waals surface area contributed by atoms with E-state index in [-0.39, 0.29) is 0 Å². The summed E-state index contributed by atoms with van der Waals surface area (Å²) < 4.78 is 0. The van der Waals surface area contributed by atoms with Crippen LogP contribution < -0.4 is 0 Å². The molecule has 0 aliphatic carbocycles. The van der Waals surface area contributed by atoms with Gasteiger partial charge in [0.05, 0.1) is 0 Å². The van der Waals surface area contributed by atoms with E-state index in [1.165, 1.54) is 0 Å². The number of hydrogen-bond acceptors (Lipinski definition) is 1. The molecule has 15 heavy (non-hydrogen) atoms. The second kappa shape index (κ2) is 11.3. The van der Waals surface area contributed by atoms with E-state index in [2.05, 4.69) is 53.0 Å². The largest absolute Gasteiger partial charge is 0.294 e. The van der Waals surface area contributed by atoms with Crippen molar-refractivity contribution < 1.29 is 0 Å². The van der Waals surface area contributed by atoms with E-state index in [1.54, 1.807) is 19.5 Å². The maximum Gasteiger partial charge on any atom is 0.0282 e. The van der Waals surface area contributed by atoms with Gasteiger partial charge in [0, 0.05) is 18.6 Å². The Morgan fingerprint density at radius 1 is 0.867 bits per heavy atom. The first kappa shape index (κ1) is 18.2. The number of hydrogen-bond donors (Lipinski definition) is 0. The molecule has 0 amide bonds. The van der Waals surface area contributed by atoms with Crippen molar-refractivity contribution in [3.05, 3.63) is 6.54 Å². The Labute approximate surface area is 108 Å². The van der Waals surface area contributed by atoms with Crippen LogP contribution in [0.4, 0.5) is 0 Å². The van der Waals surface area contributed by atoms with E-state index in [0.717, 1.165) is 17.1 Å². The van der Waals surface area contributed by atoms with Crippen molar-refractivity contribution >= 4 is 36.6 Å². The first-order valence-electron chi connectivity index (χ1n) is 6.49. The van der Waals surface area contributed by atoms with Gasteiger partial charge in [0.15, 0.2) is 0 Å². The van der Waals surface area contributed by atoms with E-state index in [0.29, 0.717) is 18.0 Å². The molecule has 0 bridgehead atoms. The molecule has 0 rings (SSSR count). The summed E-state index contributed by atoms with van der Waals surface area (Å²) in [6, 6.07) is 1.25. The van der Waals surface area contributed by atoms with E-state index in [9.17, 15) is 0 Å². The molecule has 0 spiro atoms. The minimum Gasteiger partial charge on any atom is -0.294 e. The molecule has 0 aromatic carbocycles. The molecule has 0 heterocycles. The zero-order valence-electron chi connectivity index (χ0n) is 12.2. The highest BCUT2D eigenvalue weighted by molar-refractivity contribution is 7.37. The maximum atomic E-state index is 2.41. The standard InChI is InChI=1S/C10H22N.H10Si4/c1-8(2)7-11(9(3)4)10(5)6;1-3-4-2/h7-10H,1-6H3;3-4H2,1-2H3. The second-order valence-electron chi connectivity index (χ2n) is 5.03. The SMILES string of the molecule is CC(C)[CH]N(C(C)C)C(C)C.[SiH3][SiH2][SiH2][SiH3]. The Morgan fingerprint density at radius 3 is 1.27 bits per heavy atom. The fraction of sp³-hybridized carbons (Fsp3) is 0.900. The Morgan fingerprint density at radius 2 is 1.20 bits per heavy atom. The summed E-state index contributed by atoms with van der Waals surface area (Å²) in [7, 11) is 4.78. The highest BCUT2D eigenvalue weighted by atomic mass is 29.7. The van der Waals surface area contributed by atoms with Crippen molar-refractivity contribution in [2.75, 3.05) is 0 Å². The molecule has 0 aliphatic rings. The van der Waals surface area contributed by atoms with Gasteiger partial charge in [-0.1, -0.05) is 13.8 Å². The van der Waals surface area contributed by atoms with E-state index < -0.39 is 0 Å². The first-order chi connectivity index (χ1) is 6.86. The van der Waals surface area contributed by atoms with Gasteiger partial charge in [-0.15, -0.1) is 0 Å². The third-order valence-electron chi connectivity index (χ3n) is 2.16. The normalized spacial score (nSPS) is 13.2. The molecular weight excluding hydrogens is 246 g/mol. The Bertz CT molecular complexity index is 119. The van der Waals surface area contributed by atoms with Gasteiger partial charge >= 0.3 is 0 Å². The zero-order chi connectivity index (χ0) is 12.4. The summed E-state index contributed by atoms with van der Waals surface area (Å²) in [5, 5.41) is 0. The van der Waals surface area contributed by atoms with Gasteiger partial charge in [-0.05, 0) is 70.2 Å². The molecular formula is C10H32NSi4. The van der Waals surface area contributed by atoms with Crippen LogP contribution in [0, 0.1) is 12.5 Å². The smallest absolute Gasteiger partial charge is 0.0282 e. The summed E-state index contributed by atoms with van der Waals surface area (Å²) in [5.41, 5.74) is 0. The van der Waals surface area contributed by atoms with Crippen molar-refractivity contribution in [3.8, 4) is 0 Å². The van der Waals surface area contributed by atoms with E-state index in [1.807, 2.05) is 0 Å². The average molecular weight is 279 g/mol. The lowest BCUT2D eigenvalue weighted by Gasteiger charge is -2.31. The summed E-state index contributed by atoms with van der Waals surface area (Å²) in [5.74, 6) is 0.653. The summed E-state index contributed by atoms with van der Waals surface area (Å²) >= 11 is 0. The van der Waals surface area contributed by atoms with Gasteiger partial charge in [0.25, 0.3) is 0 Å². The monoisotopic (exact) mass is 278 g/mol. The van der Waals surface area contributed by atoms with Crippen LogP contribution in [0.2, 0.25) is 0 Å². The first-order valence-corrected chi connectivity index (χ1v) is 21.8. The molecule has 0 fully saturated rings. The number of nitrogens with zero attached hydrogens (tertiary/aromatic N) is 1. The van der Waals surface area contributed by atoms with E-state index >= 15 is 0 Å². The van der Waals surface area contributed by atoms with Crippen molar-refractivity contribution in [2.24, 2.45) is 5.92 Å². The predicted molar refractivity (Wildman–Crippen MR) is 88.2 cm³/mol. The molecule has 0 unspecified atom stereocenters. The molecule has 1 radical (unpaired) electrons. The molecule has 0 atom stereocenters. The maximum absolute atomic E-state index is 2.41. The molecule has 0 aromatic rings. The lowest BCUT2D eigenvalue weighted by atomic mass is 10.1. The molecule has 0 saturated heterocycles.